The molecule has 0 radical (unpaired) electrons. The SMILES string of the molecule is O=C(O)CCCCC(=O)OC(O)CCCCCCCO. The van der Waals surface area contributed by atoms with Crippen molar-refractivity contribution in [2.24, 2.45) is 0 Å². The molecule has 6 nitrogen and oxygen atoms in total. The van der Waals surface area contributed by atoms with Gasteiger partial charge in [-0.2, -0.15) is 0 Å². The summed E-state index contributed by atoms with van der Waals surface area (Å²) in [4.78, 5) is 21.6. The molecule has 0 fully saturated rings. The normalized spacial score (nSPS) is 12.1. The lowest BCUT2D eigenvalue weighted by Crippen LogP contribution is -2.17. The zero-order valence-electron chi connectivity index (χ0n) is 11.9. The van der Waals surface area contributed by atoms with Gasteiger partial charge in [0.05, 0.1) is 0 Å². The van der Waals surface area contributed by atoms with Gasteiger partial charge in [-0.25, -0.2) is 0 Å². The standard InChI is InChI=1S/C14H26O6/c15-11-7-3-1-2-4-9-13(18)20-14(19)10-6-5-8-12(16)17/h13,15,18H,1-11H2,(H,16,17). The van der Waals surface area contributed by atoms with E-state index >= 15 is 0 Å². The number of unbranched alkanes of at least 4 members (excludes halogenated alkanes) is 5. The Balaban J connectivity index is 3.42. The molecule has 20 heavy (non-hydrogen) atoms. The Labute approximate surface area is 119 Å². The first-order valence-corrected chi connectivity index (χ1v) is 7.26. The van der Waals surface area contributed by atoms with Crippen molar-refractivity contribution >= 4 is 11.9 Å². The van der Waals surface area contributed by atoms with Gasteiger partial charge in [-0.3, -0.25) is 9.59 Å². The van der Waals surface area contributed by atoms with Gasteiger partial charge in [-0.1, -0.05) is 19.3 Å². The number of carbonyl (C=O) groups excluding carboxylic acids is 1. The number of rotatable bonds is 13. The van der Waals surface area contributed by atoms with Gasteiger partial charge in [0.25, 0.3) is 0 Å². The molecular formula is C14H26O6. The molecule has 0 aromatic carbocycles. The number of carboxylic acids is 1. The molecule has 0 spiro atoms. The fraction of sp³-hybridized carbons (Fsp3) is 0.857. The average molecular weight is 290 g/mol. The number of aliphatic carboxylic acids is 1. The number of carboxylic acid groups (broad SMARTS) is 1. The zero-order chi connectivity index (χ0) is 15.2. The molecule has 0 rings (SSSR count). The lowest BCUT2D eigenvalue weighted by atomic mass is 10.1. The number of aliphatic hydroxyl groups is 2. The monoisotopic (exact) mass is 290 g/mol. The van der Waals surface area contributed by atoms with Crippen LogP contribution in [-0.4, -0.2) is 40.2 Å². The van der Waals surface area contributed by atoms with Gasteiger partial charge >= 0.3 is 11.9 Å². The van der Waals surface area contributed by atoms with Gasteiger partial charge in [0.1, 0.15) is 0 Å². The van der Waals surface area contributed by atoms with Gasteiger partial charge in [-0.05, 0) is 25.7 Å². The number of hydrogen-bond donors (Lipinski definition) is 3. The summed E-state index contributed by atoms with van der Waals surface area (Å²) in [5.74, 6) is -1.36. The molecular weight excluding hydrogens is 264 g/mol. The van der Waals surface area contributed by atoms with Crippen LogP contribution in [0.2, 0.25) is 0 Å². The minimum Gasteiger partial charge on any atom is -0.481 e. The Morgan fingerprint density at radius 3 is 2.15 bits per heavy atom. The van der Waals surface area contributed by atoms with Crippen LogP contribution in [0.4, 0.5) is 0 Å². The lowest BCUT2D eigenvalue weighted by molar-refractivity contribution is -0.169. The smallest absolute Gasteiger partial charge is 0.308 e. The summed E-state index contributed by atoms with van der Waals surface area (Å²) in [5.41, 5.74) is 0. The van der Waals surface area contributed by atoms with Gasteiger partial charge < -0.3 is 20.1 Å². The van der Waals surface area contributed by atoms with Crippen molar-refractivity contribution in [1.29, 1.82) is 0 Å². The van der Waals surface area contributed by atoms with Crippen molar-refractivity contribution in [1.82, 2.24) is 0 Å². The molecule has 0 aromatic rings. The molecule has 3 N–H and O–H groups in total. The summed E-state index contributed by atoms with van der Waals surface area (Å²) in [7, 11) is 0. The Hall–Kier alpha value is -1.14. The highest BCUT2D eigenvalue weighted by Crippen LogP contribution is 2.09. The molecule has 0 heterocycles. The van der Waals surface area contributed by atoms with E-state index in [4.69, 9.17) is 14.9 Å². The highest BCUT2D eigenvalue weighted by Gasteiger charge is 2.10. The summed E-state index contributed by atoms with van der Waals surface area (Å²) in [6.07, 6.45) is 4.90. The summed E-state index contributed by atoms with van der Waals surface area (Å²) in [6.45, 7) is 0.210. The second-order valence-corrected chi connectivity index (χ2v) is 4.83. The highest BCUT2D eigenvalue weighted by molar-refractivity contribution is 5.69. The van der Waals surface area contributed by atoms with Crippen LogP contribution < -0.4 is 0 Å². The number of hydrogen-bond acceptors (Lipinski definition) is 5. The maximum atomic E-state index is 11.3. The van der Waals surface area contributed by atoms with Crippen LogP contribution in [0.5, 0.6) is 0 Å². The molecule has 6 heteroatoms. The number of carbonyl (C=O) groups is 2. The minimum absolute atomic E-state index is 0.0453. The molecule has 0 aromatic heterocycles. The molecule has 0 aliphatic heterocycles. The minimum atomic E-state index is -1.07. The van der Waals surface area contributed by atoms with Gasteiger partial charge in [0, 0.05) is 25.9 Å². The third-order valence-corrected chi connectivity index (χ3v) is 2.90. The van der Waals surface area contributed by atoms with E-state index in [9.17, 15) is 14.7 Å². The first-order valence-electron chi connectivity index (χ1n) is 7.26. The van der Waals surface area contributed by atoms with Crippen LogP contribution in [0.1, 0.15) is 64.2 Å². The van der Waals surface area contributed by atoms with E-state index in [1.807, 2.05) is 0 Å². The maximum absolute atomic E-state index is 11.3. The van der Waals surface area contributed by atoms with E-state index in [0.717, 1.165) is 32.1 Å². The quantitative estimate of drug-likeness (QED) is 0.271. The van der Waals surface area contributed by atoms with Crippen molar-refractivity contribution in [2.45, 2.75) is 70.5 Å². The summed E-state index contributed by atoms with van der Waals surface area (Å²) in [6, 6.07) is 0. The van der Waals surface area contributed by atoms with Gasteiger partial charge in [0.15, 0.2) is 0 Å². The number of aliphatic hydroxyl groups excluding tert-OH is 2. The number of esters is 1. The fourth-order valence-corrected chi connectivity index (χ4v) is 1.78. The third kappa shape index (κ3) is 13.3. The highest BCUT2D eigenvalue weighted by atomic mass is 16.6. The topological polar surface area (TPSA) is 104 Å². The predicted molar refractivity (Wildman–Crippen MR) is 73.0 cm³/mol. The fourth-order valence-electron chi connectivity index (χ4n) is 1.78. The van der Waals surface area contributed by atoms with Crippen LogP contribution in [0.15, 0.2) is 0 Å². The van der Waals surface area contributed by atoms with Crippen LogP contribution in [0, 0.1) is 0 Å². The molecule has 0 aliphatic carbocycles. The van der Waals surface area contributed by atoms with Crippen LogP contribution in [0.3, 0.4) is 0 Å². The molecule has 1 atom stereocenters. The van der Waals surface area contributed by atoms with Gasteiger partial charge in [0.2, 0.25) is 6.29 Å². The van der Waals surface area contributed by atoms with Crippen LogP contribution in [0.25, 0.3) is 0 Å². The molecule has 1 unspecified atom stereocenters. The number of ether oxygens (including phenoxy) is 1. The van der Waals surface area contributed by atoms with Crippen LogP contribution in [-0.2, 0) is 14.3 Å². The van der Waals surface area contributed by atoms with Gasteiger partial charge in [-0.15, -0.1) is 0 Å². The third-order valence-electron chi connectivity index (χ3n) is 2.90. The largest absolute Gasteiger partial charge is 0.481 e. The summed E-state index contributed by atoms with van der Waals surface area (Å²) in [5, 5.41) is 26.5. The second-order valence-electron chi connectivity index (χ2n) is 4.83. The predicted octanol–water partition coefficient (Wildman–Crippen LogP) is 1.83. The van der Waals surface area contributed by atoms with E-state index in [2.05, 4.69) is 0 Å². The van der Waals surface area contributed by atoms with E-state index in [1.165, 1.54) is 0 Å². The Kier molecular flexibility index (Phi) is 12.1. The molecule has 0 saturated carbocycles. The van der Waals surface area contributed by atoms with Crippen molar-refractivity contribution in [3.8, 4) is 0 Å². The van der Waals surface area contributed by atoms with E-state index < -0.39 is 18.2 Å². The van der Waals surface area contributed by atoms with E-state index in [-0.39, 0.29) is 19.4 Å². The Morgan fingerprint density at radius 1 is 0.900 bits per heavy atom. The Morgan fingerprint density at radius 2 is 1.50 bits per heavy atom. The van der Waals surface area contributed by atoms with Crippen molar-refractivity contribution in [2.75, 3.05) is 6.61 Å². The second kappa shape index (κ2) is 12.9. The average Bonchev–Trinajstić information content (AvgIpc) is 2.38. The van der Waals surface area contributed by atoms with E-state index in [0.29, 0.717) is 19.3 Å². The summed E-state index contributed by atoms with van der Waals surface area (Å²) >= 11 is 0. The molecule has 0 bridgehead atoms. The first-order chi connectivity index (χ1) is 9.56. The van der Waals surface area contributed by atoms with Crippen molar-refractivity contribution < 1.29 is 29.6 Å². The molecule has 0 aliphatic rings. The zero-order valence-corrected chi connectivity index (χ0v) is 11.9. The molecule has 118 valence electrons. The first kappa shape index (κ1) is 18.9. The maximum Gasteiger partial charge on any atom is 0.308 e. The van der Waals surface area contributed by atoms with Crippen molar-refractivity contribution in [3.05, 3.63) is 0 Å². The molecule has 0 saturated heterocycles. The van der Waals surface area contributed by atoms with Crippen molar-refractivity contribution in [3.63, 3.8) is 0 Å². The Bertz CT molecular complexity index is 266. The van der Waals surface area contributed by atoms with E-state index in [1.54, 1.807) is 0 Å². The van der Waals surface area contributed by atoms with Crippen LogP contribution >= 0.6 is 0 Å². The summed E-state index contributed by atoms with van der Waals surface area (Å²) < 4.78 is 4.81. The molecule has 0 amide bonds. The lowest BCUT2D eigenvalue weighted by Gasteiger charge is -2.11.